The number of ether oxygens (including phenoxy) is 2. The zero-order valence-electron chi connectivity index (χ0n) is 11.6. The highest BCUT2D eigenvalue weighted by Gasteiger charge is 2.17. The maximum absolute atomic E-state index is 13.3. The number of rotatable bonds is 4. The molecule has 1 unspecified atom stereocenters. The van der Waals surface area contributed by atoms with Crippen molar-refractivity contribution in [3.63, 3.8) is 0 Å². The van der Waals surface area contributed by atoms with Crippen LogP contribution in [-0.4, -0.2) is 14.2 Å². The van der Waals surface area contributed by atoms with E-state index in [4.69, 9.17) is 21.1 Å². The van der Waals surface area contributed by atoms with Crippen LogP contribution in [-0.2, 0) is 0 Å². The van der Waals surface area contributed by atoms with Gasteiger partial charge in [0.2, 0.25) is 0 Å². The van der Waals surface area contributed by atoms with Crippen LogP contribution in [0.15, 0.2) is 36.4 Å². The lowest BCUT2D eigenvalue weighted by molar-refractivity contribution is 0.354. The highest BCUT2D eigenvalue weighted by molar-refractivity contribution is 6.22. The molecule has 0 bridgehead atoms. The van der Waals surface area contributed by atoms with Gasteiger partial charge in [-0.2, -0.15) is 0 Å². The van der Waals surface area contributed by atoms with Crippen molar-refractivity contribution in [1.29, 1.82) is 0 Å². The first-order valence-electron chi connectivity index (χ1n) is 6.19. The van der Waals surface area contributed by atoms with E-state index in [1.165, 1.54) is 12.1 Å². The lowest BCUT2D eigenvalue weighted by Gasteiger charge is -2.17. The zero-order valence-corrected chi connectivity index (χ0v) is 12.4. The molecule has 2 aromatic rings. The van der Waals surface area contributed by atoms with Crippen LogP contribution in [0.25, 0.3) is 0 Å². The molecule has 1 atom stereocenters. The molecule has 2 rings (SSSR count). The molecule has 4 heteroatoms. The first kappa shape index (κ1) is 14.7. The fourth-order valence-corrected chi connectivity index (χ4v) is 2.48. The summed E-state index contributed by atoms with van der Waals surface area (Å²) in [5, 5.41) is -0.439. The Hall–Kier alpha value is -1.74. The first-order valence-corrected chi connectivity index (χ1v) is 6.62. The van der Waals surface area contributed by atoms with Crippen molar-refractivity contribution in [2.75, 3.05) is 14.2 Å². The third kappa shape index (κ3) is 2.88. The Balaban J connectivity index is 2.46. The van der Waals surface area contributed by atoms with Crippen LogP contribution in [0.5, 0.6) is 11.5 Å². The topological polar surface area (TPSA) is 18.5 Å². The summed E-state index contributed by atoms with van der Waals surface area (Å²) in [4.78, 5) is 0. The van der Waals surface area contributed by atoms with E-state index in [0.29, 0.717) is 17.1 Å². The van der Waals surface area contributed by atoms with Crippen LogP contribution >= 0.6 is 11.6 Å². The summed E-state index contributed by atoms with van der Waals surface area (Å²) in [6.07, 6.45) is 0. The van der Waals surface area contributed by atoms with Gasteiger partial charge in [0.1, 0.15) is 5.82 Å². The molecule has 0 aliphatic heterocycles. The van der Waals surface area contributed by atoms with E-state index in [9.17, 15) is 4.39 Å². The average molecular weight is 295 g/mol. The van der Waals surface area contributed by atoms with E-state index >= 15 is 0 Å². The minimum Gasteiger partial charge on any atom is -0.493 e. The van der Waals surface area contributed by atoms with Gasteiger partial charge in [-0.3, -0.25) is 0 Å². The second-order valence-corrected chi connectivity index (χ2v) is 4.92. The van der Waals surface area contributed by atoms with E-state index in [1.54, 1.807) is 26.4 Å². The van der Waals surface area contributed by atoms with Gasteiger partial charge < -0.3 is 9.47 Å². The molecule has 20 heavy (non-hydrogen) atoms. The van der Waals surface area contributed by atoms with E-state index < -0.39 is 5.38 Å². The molecule has 0 aliphatic rings. The average Bonchev–Trinajstić information content (AvgIpc) is 2.46. The first-order chi connectivity index (χ1) is 9.56. The number of hydrogen-bond donors (Lipinski definition) is 0. The van der Waals surface area contributed by atoms with Gasteiger partial charge in [0.25, 0.3) is 0 Å². The lowest BCUT2D eigenvalue weighted by Crippen LogP contribution is -2.00. The van der Waals surface area contributed by atoms with Gasteiger partial charge >= 0.3 is 0 Å². The van der Waals surface area contributed by atoms with Crippen LogP contribution in [0.4, 0.5) is 4.39 Å². The summed E-state index contributed by atoms with van der Waals surface area (Å²) in [5.41, 5.74) is 2.55. The third-order valence-corrected chi connectivity index (χ3v) is 3.67. The Bertz CT molecular complexity index is 613. The molecule has 2 nitrogen and oxygen atoms in total. The van der Waals surface area contributed by atoms with Crippen molar-refractivity contribution in [3.05, 3.63) is 58.9 Å². The molecule has 0 spiro atoms. The van der Waals surface area contributed by atoms with Gasteiger partial charge in [-0.05, 0) is 47.9 Å². The number of aryl methyl sites for hydroxylation is 1. The van der Waals surface area contributed by atoms with Gasteiger partial charge in [-0.25, -0.2) is 4.39 Å². The van der Waals surface area contributed by atoms with Crippen LogP contribution in [0.1, 0.15) is 22.1 Å². The Morgan fingerprint density at radius 1 is 1.05 bits per heavy atom. The van der Waals surface area contributed by atoms with Crippen LogP contribution in [0, 0.1) is 12.7 Å². The molecule has 0 aliphatic carbocycles. The second kappa shape index (κ2) is 6.14. The smallest absolute Gasteiger partial charge is 0.161 e. The predicted molar refractivity (Wildman–Crippen MR) is 78.4 cm³/mol. The molecule has 0 radical (unpaired) electrons. The highest BCUT2D eigenvalue weighted by Crippen LogP contribution is 2.37. The van der Waals surface area contributed by atoms with Gasteiger partial charge in [0.05, 0.1) is 19.6 Å². The van der Waals surface area contributed by atoms with Crippen molar-refractivity contribution in [1.82, 2.24) is 0 Å². The zero-order chi connectivity index (χ0) is 14.7. The lowest BCUT2D eigenvalue weighted by atomic mass is 9.99. The SMILES string of the molecule is COc1cc(C)c(C(Cl)c2cccc(F)c2)cc1OC. The normalized spacial score (nSPS) is 12.1. The number of hydrogen-bond acceptors (Lipinski definition) is 2. The fraction of sp³-hybridized carbons (Fsp3) is 0.250. The molecule has 106 valence electrons. The highest BCUT2D eigenvalue weighted by atomic mass is 35.5. The van der Waals surface area contributed by atoms with Crippen molar-refractivity contribution >= 4 is 11.6 Å². The second-order valence-electron chi connectivity index (χ2n) is 4.48. The summed E-state index contributed by atoms with van der Waals surface area (Å²) in [5.74, 6) is 0.957. The minimum absolute atomic E-state index is 0.300. The summed E-state index contributed by atoms with van der Waals surface area (Å²) in [6.45, 7) is 1.94. The Labute approximate surface area is 123 Å². The van der Waals surface area contributed by atoms with Crippen molar-refractivity contribution in [2.24, 2.45) is 0 Å². The van der Waals surface area contributed by atoms with E-state index in [2.05, 4.69) is 0 Å². The third-order valence-electron chi connectivity index (χ3n) is 3.19. The Kier molecular flexibility index (Phi) is 4.50. The van der Waals surface area contributed by atoms with E-state index in [0.717, 1.165) is 11.1 Å². The molecule has 0 saturated heterocycles. The maximum Gasteiger partial charge on any atom is 0.161 e. The number of methoxy groups -OCH3 is 2. The van der Waals surface area contributed by atoms with Crippen molar-refractivity contribution in [2.45, 2.75) is 12.3 Å². The number of alkyl halides is 1. The van der Waals surface area contributed by atoms with E-state index in [-0.39, 0.29) is 5.82 Å². The van der Waals surface area contributed by atoms with E-state index in [1.807, 2.05) is 19.1 Å². The molecule has 0 saturated carbocycles. The monoisotopic (exact) mass is 294 g/mol. The summed E-state index contributed by atoms with van der Waals surface area (Å²) >= 11 is 6.47. The summed E-state index contributed by atoms with van der Waals surface area (Å²) in [7, 11) is 3.16. The van der Waals surface area contributed by atoms with Crippen molar-refractivity contribution in [3.8, 4) is 11.5 Å². The predicted octanol–water partition coefficient (Wildman–Crippen LogP) is 4.48. The fourth-order valence-electron chi connectivity index (χ4n) is 2.11. The van der Waals surface area contributed by atoms with Gasteiger partial charge in [-0.1, -0.05) is 12.1 Å². The van der Waals surface area contributed by atoms with Crippen LogP contribution in [0.2, 0.25) is 0 Å². The molecule has 0 fully saturated rings. The maximum atomic E-state index is 13.3. The summed E-state index contributed by atoms with van der Waals surface area (Å²) < 4.78 is 23.8. The Morgan fingerprint density at radius 2 is 1.70 bits per heavy atom. The minimum atomic E-state index is -0.439. The molecule has 2 aromatic carbocycles. The quantitative estimate of drug-likeness (QED) is 0.774. The molecule has 0 heterocycles. The van der Waals surface area contributed by atoms with Gasteiger partial charge in [0.15, 0.2) is 11.5 Å². The largest absolute Gasteiger partial charge is 0.493 e. The molecular weight excluding hydrogens is 279 g/mol. The van der Waals surface area contributed by atoms with Crippen LogP contribution in [0.3, 0.4) is 0 Å². The number of halogens is 2. The molecular formula is C16H16ClFO2. The van der Waals surface area contributed by atoms with Gasteiger partial charge in [-0.15, -0.1) is 11.6 Å². The van der Waals surface area contributed by atoms with Crippen LogP contribution < -0.4 is 9.47 Å². The summed E-state index contributed by atoms with van der Waals surface area (Å²) in [6, 6.07) is 9.98. The Morgan fingerprint density at radius 3 is 2.30 bits per heavy atom. The van der Waals surface area contributed by atoms with Crippen molar-refractivity contribution < 1.29 is 13.9 Å². The molecule has 0 aromatic heterocycles. The molecule has 0 amide bonds. The molecule has 0 N–H and O–H groups in total. The number of benzene rings is 2. The van der Waals surface area contributed by atoms with Gasteiger partial charge in [0, 0.05) is 0 Å². The standard InChI is InChI=1S/C16H16ClFO2/c1-10-7-14(19-2)15(20-3)9-13(10)16(17)11-5-4-6-12(18)8-11/h4-9,16H,1-3H3.